The number of alkyl carbamates (subject to hydrolysis) is 1. The number of carbonyl (C=O) groups is 1. The molecule has 7 nitrogen and oxygen atoms in total. The highest BCUT2D eigenvalue weighted by atomic mass is 16.7. The number of aliphatic hydroxyl groups excluding tert-OH is 1. The third-order valence-electron chi connectivity index (χ3n) is 9.76. The molecule has 1 saturated carbocycles. The fourth-order valence-electron chi connectivity index (χ4n) is 8.17. The zero-order chi connectivity index (χ0) is 32.3. The second kappa shape index (κ2) is 13.7. The van der Waals surface area contributed by atoms with E-state index in [0.29, 0.717) is 23.4 Å². The van der Waals surface area contributed by atoms with Crippen molar-refractivity contribution in [3.63, 3.8) is 0 Å². The highest BCUT2D eigenvalue weighted by molar-refractivity contribution is 5.68. The van der Waals surface area contributed by atoms with Gasteiger partial charge in [0.2, 0.25) is 0 Å². The van der Waals surface area contributed by atoms with E-state index in [1.165, 1.54) is 19.3 Å². The van der Waals surface area contributed by atoms with Gasteiger partial charge in [-0.05, 0) is 70.0 Å². The molecule has 2 aliphatic heterocycles. The highest BCUT2D eigenvalue weighted by Gasteiger charge is 2.50. The maximum atomic E-state index is 11.9. The van der Waals surface area contributed by atoms with Crippen LogP contribution in [-0.4, -0.2) is 47.9 Å². The number of ether oxygens (including phenoxy) is 3. The van der Waals surface area contributed by atoms with E-state index >= 15 is 0 Å². The Morgan fingerprint density at radius 3 is 2.52 bits per heavy atom. The Labute approximate surface area is 273 Å². The first-order chi connectivity index (χ1) is 22.1. The average molecular weight is 625 g/mol. The van der Waals surface area contributed by atoms with Gasteiger partial charge in [0.05, 0.1) is 18.8 Å². The number of likely N-dealkylation sites (tertiary alicyclic amines) is 1. The topological polar surface area (TPSA) is 80.3 Å². The maximum Gasteiger partial charge on any atom is 0.407 e. The SMILES string of the molecule is C=CCOC(=O)NCc1cccc(-c2cccc(C3OC(CN4CC5(C)CC4CC(C)(C)C5)CC(c4ccc(CO)cc4)O3)c2)c1. The summed E-state index contributed by atoms with van der Waals surface area (Å²) in [4.78, 5) is 14.6. The van der Waals surface area contributed by atoms with Crippen molar-refractivity contribution < 1.29 is 24.1 Å². The lowest BCUT2D eigenvalue weighted by molar-refractivity contribution is -0.253. The van der Waals surface area contributed by atoms with E-state index in [2.05, 4.69) is 86.1 Å². The van der Waals surface area contributed by atoms with E-state index in [1.54, 1.807) is 6.08 Å². The molecule has 0 aromatic heterocycles. The second-order valence-electron chi connectivity index (χ2n) is 14.6. The first-order valence-corrected chi connectivity index (χ1v) is 16.6. The monoisotopic (exact) mass is 624 g/mol. The summed E-state index contributed by atoms with van der Waals surface area (Å²) < 4.78 is 18.5. The van der Waals surface area contributed by atoms with Crippen LogP contribution in [0.3, 0.4) is 0 Å². The summed E-state index contributed by atoms with van der Waals surface area (Å²) in [5.74, 6) is 0. The Bertz CT molecular complexity index is 1520. The predicted molar refractivity (Wildman–Crippen MR) is 180 cm³/mol. The lowest BCUT2D eigenvalue weighted by Gasteiger charge is -2.41. The average Bonchev–Trinajstić information content (AvgIpc) is 3.29. The summed E-state index contributed by atoms with van der Waals surface area (Å²) in [5, 5.41) is 12.4. The van der Waals surface area contributed by atoms with Crippen LogP contribution in [0.15, 0.2) is 85.5 Å². The number of carbonyl (C=O) groups excluding carboxylic acids is 1. The van der Waals surface area contributed by atoms with Crippen molar-refractivity contribution in [1.82, 2.24) is 10.2 Å². The number of hydrogen-bond donors (Lipinski definition) is 2. The van der Waals surface area contributed by atoms with Crippen LogP contribution in [0.2, 0.25) is 0 Å². The predicted octanol–water partition coefficient (Wildman–Crippen LogP) is 7.70. The molecule has 46 heavy (non-hydrogen) atoms. The Kier molecular flexibility index (Phi) is 9.67. The van der Waals surface area contributed by atoms with Gasteiger partial charge in [0.15, 0.2) is 6.29 Å². The molecule has 0 spiro atoms. The lowest BCUT2D eigenvalue weighted by atomic mass is 9.65. The molecule has 0 radical (unpaired) electrons. The molecular weight excluding hydrogens is 576 g/mol. The van der Waals surface area contributed by atoms with Gasteiger partial charge in [-0.25, -0.2) is 4.79 Å². The molecule has 2 saturated heterocycles. The van der Waals surface area contributed by atoms with Crippen molar-refractivity contribution in [3.8, 4) is 11.1 Å². The smallest absolute Gasteiger partial charge is 0.407 e. The largest absolute Gasteiger partial charge is 0.445 e. The molecule has 1 amide bonds. The Morgan fingerprint density at radius 2 is 1.76 bits per heavy atom. The Hall–Kier alpha value is -3.49. The van der Waals surface area contributed by atoms with Crippen molar-refractivity contribution >= 4 is 6.09 Å². The number of benzene rings is 3. The summed E-state index contributed by atoms with van der Waals surface area (Å²) in [6.45, 7) is 13.5. The van der Waals surface area contributed by atoms with Gasteiger partial charge in [0.25, 0.3) is 0 Å². The van der Waals surface area contributed by atoms with Crippen LogP contribution in [0.1, 0.15) is 81.1 Å². The normalized spacial score (nSPS) is 27.2. The summed E-state index contributed by atoms with van der Waals surface area (Å²) in [5.41, 5.74) is 6.77. The van der Waals surface area contributed by atoms with Crippen molar-refractivity contribution in [3.05, 3.63) is 108 Å². The van der Waals surface area contributed by atoms with Crippen LogP contribution in [0.4, 0.5) is 4.79 Å². The van der Waals surface area contributed by atoms with Crippen LogP contribution in [-0.2, 0) is 27.4 Å². The number of nitrogens with zero attached hydrogens (tertiary/aromatic N) is 1. The van der Waals surface area contributed by atoms with Crippen molar-refractivity contribution in [2.24, 2.45) is 10.8 Å². The standard InChI is InChI=1S/C39H48N2O5/c1-5-16-44-37(43)40-22-28-8-6-9-30(17-28)31-10-7-11-32(18-31)36-45-34(19-35(46-36)29-14-12-27(24-42)13-15-29)23-41-26-39(4)21-33(41)20-38(2,3)25-39/h5-15,17-18,33-36,42H,1,16,19-26H2,2-4H3,(H,40,43). The van der Waals surface area contributed by atoms with Gasteiger partial charge in [0, 0.05) is 37.7 Å². The Balaban J connectivity index is 1.22. The number of nitrogens with one attached hydrogen (secondary N) is 1. The molecule has 1 aliphatic carbocycles. The van der Waals surface area contributed by atoms with E-state index in [0.717, 1.165) is 52.9 Å². The van der Waals surface area contributed by atoms with E-state index in [4.69, 9.17) is 14.2 Å². The van der Waals surface area contributed by atoms with E-state index in [1.807, 2.05) is 24.3 Å². The van der Waals surface area contributed by atoms with Gasteiger partial charge in [0.1, 0.15) is 6.61 Å². The fourth-order valence-corrected chi connectivity index (χ4v) is 8.17. The summed E-state index contributed by atoms with van der Waals surface area (Å²) in [6.07, 6.45) is 5.01. The number of rotatable bonds is 10. The van der Waals surface area contributed by atoms with Crippen LogP contribution in [0, 0.1) is 10.8 Å². The van der Waals surface area contributed by atoms with Crippen LogP contribution < -0.4 is 5.32 Å². The molecule has 3 aromatic carbocycles. The van der Waals surface area contributed by atoms with Gasteiger partial charge in [-0.3, -0.25) is 4.90 Å². The molecule has 7 heteroatoms. The third kappa shape index (κ3) is 7.72. The fraction of sp³-hybridized carbons (Fsp3) is 0.462. The number of fused-ring (bicyclic) bond motifs is 2. The molecule has 2 heterocycles. The molecule has 6 rings (SSSR count). The Morgan fingerprint density at radius 1 is 1.00 bits per heavy atom. The van der Waals surface area contributed by atoms with Gasteiger partial charge in [-0.2, -0.15) is 0 Å². The summed E-state index contributed by atoms with van der Waals surface area (Å²) in [6, 6.07) is 25.2. The van der Waals surface area contributed by atoms with Crippen molar-refractivity contribution in [2.75, 3.05) is 19.7 Å². The quantitative estimate of drug-likeness (QED) is 0.225. The summed E-state index contributed by atoms with van der Waals surface area (Å²) >= 11 is 0. The zero-order valence-electron chi connectivity index (χ0n) is 27.4. The lowest BCUT2D eigenvalue weighted by Crippen LogP contribution is -2.42. The molecule has 244 valence electrons. The maximum absolute atomic E-state index is 11.9. The van der Waals surface area contributed by atoms with Crippen molar-refractivity contribution in [1.29, 1.82) is 0 Å². The molecule has 5 atom stereocenters. The van der Waals surface area contributed by atoms with Gasteiger partial charge >= 0.3 is 6.09 Å². The third-order valence-corrected chi connectivity index (χ3v) is 9.76. The molecule has 2 N–H and O–H groups in total. The van der Waals surface area contributed by atoms with Crippen LogP contribution >= 0.6 is 0 Å². The van der Waals surface area contributed by atoms with Gasteiger partial charge in [-0.1, -0.05) is 94.1 Å². The van der Waals surface area contributed by atoms with E-state index in [-0.39, 0.29) is 25.4 Å². The minimum Gasteiger partial charge on any atom is -0.445 e. The first-order valence-electron chi connectivity index (χ1n) is 16.6. The molecule has 3 aromatic rings. The molecular formula is C39H48N2O5. The molecule has 2 bridgehead atoms. The first kappa shape index (κ1) is 32.5. The zero-order valence-corrected chi connectivity index (χ0v) is 27.4. The number of hydrogen-bond acceptors (Lipinski definition) is 6. The van der Waals surface area contributed by atoms with Crippen LogP contribution in [0.5, 0.6) is 0 Å². The molecule has 5 unspecified atom stereocenters. The molecule has 3 aliphatic rings. The van der Waals surface area contributed by atoms with E-state index in [9.17, 15) is 9.90 Å². The second-order valence-corrected chi connectivity index (χ2v) is 14.6. The summed E-state index contributed by atoms with van der Waals surface area (Å²) in [7, 11) is 0. The van der Waals surface area contributed by atoms with Gasteiger partial charge < -0.3 is 24.6 Å². The minimum absolute atomic E-state index is 0.0197. The number of aliphatic hydroxyl groups is 1. The highest BCUT2D eigenvalue weighted by Crippen LogP contribution is 2.53. The molecule has 3 fully saturated rings. The number of amides is 1. The van der Waals surface area contributed by atoms with Gasteiger partial charge in [-0.15, -0.1) is 0 Å². The minimum atomic E-state index is -0.514. The van der Waals surface area contributed by atoms with Crippen LogP contribution in [0.25, 0.3) is 11.1 Å². The van der Waals surface area contributed by atoms with Crippen molar-refractivity contribution in [2.45, 2.75) is 84.1 Å². The van der Waals surface area contributed by atoms with E-state index < -0.39 is 12.4 Å².